The number of carbonyl (C=O) groups is 1. The number of rotatable bonds is 7. The fraction of sp³-hybridized carbons (Fsp3) is 0.393. The maximum atomic E-state index is 13.2. The molecule has 2 fully saturated rings. The third kappa shape index (κ3) is 5.16. The summed E-state index contributed by atoms with van der Waals surface area (Å²) < 4.78 is 11.1. The van der Waals surface area contributed by atoms with E-state index in [1.54, 1.807) is 14.2 Å². The number of benzene rings is 2. The molecule has 0 N–H and O–H groups in total. The highest BCUT2D eigenvalue weighted by Crippen LogP contribution is 2.39. The van der Waals surface area contributed by atoms with Gasteiger partial charge in [0.15, 0.2) is 0 Å². The summed E-state index contributed by atoms with van der Waals surface area (Å²) in [6.45, 7) is 6.45. The first-order chi connectivity index (χ1) is 17.2. The van der Waals surface area contributed by atoms with Gasteiger partial charge in [-0.2, -0.15) is 0 Å². The van der Waals surface area contributed by atoms with E-state index in [1.165, 1.54) is 22.6 Å². The van der Waals surface area contributed by atoms with E-state index in [4.69, 9.17) is 9.47 Å². The van der Waals surface area contributed by atoms with Gasteiger partial charge in [0.2, 0.25) is 0 Å². The van der Waals surface area contributed by atoms with Crippen molar-refractivity contribution in [3.63, 3.8) is 0 Å². The SMILES string of the molecule is COc1cccc(N2CCN(CC3CN(C(=O)c4cccs4)CC3c3ccccc3OC)CC2)c1. The molecule has 35 heavy (non-hydrogen) atoms. The van der Waals surface area contributed by atoms with Gasteiger partial charge in [-0.25, -0.2) is 0 Å². The van der Waals surface area contributed by atoms with Gasteiger partial charge in [-0.1, -0.05) is 30.3 Å². The lowest BCUT2D eigenvalue weighted by Crippen LogP contribution is -2.48. The molecule has 0 spiro atoms. The van der Waals surface area contributed by atoms with E-state index in [1.807, 2.05) is 40.6 Å². The average Bonchev–Trinajstić information content (AvgIpc) is 3.59. The summed E-state index contributed by atoms with van der Waals surface area (Å²) in [5.74, 6) is 2.57. The van der Waals surface area contributed by atoms with Crippen LogP contribution in [0.1, 0.15) is 21.2 Å². The fourth-order valence-electron chi connectivity index (χ4n) is 5.43. The Kier molecular flexibility index (Phi) is 7.25. The number of hydrogen-bond donors (Lipinski definition) is 0. The molecule has 184 valence electrons. The number of nitrogens with zero attached hydrogens (tertiary/aromatic N) is 3. The van der Waals surface area contributed by atoms with Crippen LogP contribution in [0.15, 0.2) is 66.0 Å². The number of likely N-dealkylation sites (tertiary alicyclic amines) is 1. The molecule has 0 radical (unpaired) electrons. The lowest BCUT2D eigenvalue weighted by molar-refractivity contribution is 0.0787. The highest BCUT2D eigenvalue weighted by molar-refractivity contribution is 7.12. The van der Waals surface area contributed by atoms with Crippen LogP contribution in [0, 0.1) is 5.92 Å². The van der Waals surface area contributed by atoms with Crippen LogP contribution in [0.25, 0.3) is 0 Å². The molecule has 3 heterocycles. The molecule has 7 heteroatoms. The summed E-state index contributed by atoms with van der Waals surface area (Å²) in [5, 5.41) is 1.97. The Morgan fingerprint density at radius 1 is 0.943 bits per heavy atom. The zero-order valence-corrected chi connectivity index (χ0v) is 21.2. The number of thiophene rings is 1. The number of piperazine rings is 1. The molecular weight excluding hydrogens is 458 g/mol. The first-order valence-corrected chi connectivity index (χ1v) is 13.1. The maximum absolute atomic E-state index is 13.2. The second-order valence-electron chi connectivity index (χ2n) is 9.29. The zero-order valence-electron chi connectivity index (χ0n) is 20.4. The number of para-hydroxylation sites is 1. The van der Waals surface area contributed by atoms with Gasteiger partial charge in [-0.05, 0) is 41.1 Å². The first kappa shape index (κ1) is 23.7. The Morgan fingerprint density at radius 3 is 2.51 bits per heavy atom. The number of amides is 1. The largest absolute Gasteiger partial charge is 0.497 e. The average molecular weight is 492 g/mol. The summed E-state index contributed by atoms with van der Waals surface area (Å²) >= 11 is 1.52. The quantitative estimate of drug-likeness (QED) is 0.489. The number of ether oxygens (including phenoxy) is 2. The van der Waals surface area contributed by atoms with Crippen LogP contribution in [0.2, 0.25) is 0 Å². The van der Waals surface area contributed by atoms with Gasteiger partial charge in [0, 0.05) is 63.5 Å². The number of anilines is 1. The number of carbonyl (C=O) groups excluding carboxylic acids is 1. The van der Waals surface area contributed by atoms with Crippen molar-refractivity contribution in [2.75, 3.05) is 64.9 Å². The molecule has 0 aliphatic carbocycles. The van der Waals surface area contributed by atoms with E-state index in [9.17, 15) is 4.79 Å². The summed E-state index contributed by atoms with van der Waals surface area (Å²) in [5.41, 5.74) is 2.42. The lowest BCUT2D eigenvalue weighted by atomic mass is 9.87. The molecule has 2 atom stereocenters. The minimum atomic E-state index is 0.144. The Hall–Kier alpha value is -3.03. The van der Waals surface area contributed by atoms with Crippen molar-refractivity contribution in [1.29, 1.82) is 0 Å². The van der Waals surface area contributed by atoms with Crippen LogP contribution in [-0.4, -0.2) is 75.7 Å². The highest BCUT2D eigenvalue weighted by Gasteiger charge is 2.39. The molecule has 5 rings (SSSR count). The van der Waals surface area contributed by atoms with Gasteiger partial charge in [-0.3, -0.25) is 9.69 Å². The van der Waals surface area contributed by atoms with Gasteiger partial charge in [0.05, 0.1) is 19.1 Å². The molecule has 0 bridgehead atoms. The summed E-state index contributed by atoms with van der Waals surface area (Å²) in [6.07, 6.45) is 0. The molecule has 2 unspecified atom stereocenters. The van der Waals surface area contributed by atoms with E-state index in [2.05, 4.69) is 40.1 Å². The van der Waals surface area contributed by atoms with Gasteiger partial charge in [-0.15, -0.1) is 11.3 Å². The van der Waals surface area contributed by atoms with Crippen molar-refractivity contribution < 1.29 is 14.3 Å². The molecule has 3 aromatic rings. The summed E-state index contributed by atoms with van der Waals surface area (Å²) in [6, 6.07) is 20.5. The van der Waals surface area contributed by atoms with Crippen molar-refractivity contribution in [3.8, 4) is 11.5 Å². The molecule has 2 aliphatic heterocycles. The first-order valence-electron chi connectivity index (χ1n) is 12.2. The van der Waals surface area contributed by atoms with Crippen molar-refractivity contribution >= 4 is 22.9 Å². The molecule has 1 aromatic heterocycles. The van der Waals surface area contributed by atoms with Gasteiger partial charge in [0.1, 0.15) is 11.5 Å². The Bertz CT molecular complexity index is 1130. The van der Waals surface area contributed by atoms with E-state index in [-0.39, 0.29) is 11.8 Å². The van der Waals surface area contributed by atoms with Crippen LogP contribution < -0.4 is 14.4 Å². The van der Waals surface area contributed by atoms with Gasteiger partial charge >= 0.3 is 0 Å². The topological polar surface area (TPSA) is 45.2 Å². The number of methoxy groups -OCH3 is 2. The van der Waals surface area contributed by atoms with E-state index < -0.39 is 0 Å². The molecule has 1 amide bonds. The third-order valence-corrected chi connectivity index (χ3v) is 8.14. The van der Waals surface area contributed by atoms with Crippen molar-refractivity contribution in [2.45, 2.75) is 5.92 Å². The van der Waals surface area contributed by atoms with Crippen molar-refractivity contribution in [3.05, 3.63) is 76.5 Å². The Labute approximate surface area is 211 Å². The molecule has 0 saturated carbocycles. The Balaban J connectivity index is 1.29. The van der Waals surface area contributed by atoms with E-state index in [0.29, 0.717) is 5.92 Å². The highest BCUT2D eigenvalue weighted by atomic mass is 32.1. The van der Waals surface area contributed by atoms with Crippen molar-refractivity contribution in [1.82, 2.24) is 9.80 Å². The normalized spacial score (nSPS) is 20.7. The fourth-order valence-corrected chi connectivity index (χ4v) is 6.12. The second kappa shape index (κ2) is 10.7. The molecule has 2 aromatic carbocycles. The standard InChI is InChI=1S/C28H33N3O3S/c1-33-23-8-5-7-22(17-23)30-14-12-29(13-15-30)18-21-19-31(28(32)27-11-6-16-35-27)20-25(21)24-9-3-4-10-26(24)34-2/h3-11,16-17,21,25H,12-15,18-20H2,1-2H3. The minimum Gasteiger partial charge on any atom is -0.497 e. The predicted octanol–water partition coefficient (Wildman–Crippen LogP) is 4.44. The van der Waals surface area contributed by atoms with Crippen molar-refractivity contribution in [2.24, 2.45) is 5.92 Å². The lowest BCUT2D eigenvalue weighted by Gasteiger charge is -2.38. The smallest absolute Gasteiger partial charge is 0.263 e. The molecule has 2 saturated heterocycles. The zero-order chi connectivity index (χ0) is 24.2. The second-order valence-corrected chi connectivity index (χ2v) is 10.2. The number of hydrogen-bond acceptors (Lipinski definition) is 6. The van der Waals surface area contributed by atoms with E-state index in [0.717, 1.165) is 62.2 Å². The van der Waals surface area contributed by atoms with Crippen LogP contribution in [-0.2, 0) is 0 Å². The maximum Gasteiger partial charge on any atom is 0.263 e. The molecule has 2 aliphatic rings. The minimum absolute atomic E-state index is 0.144. The van der Waals surface area contributed by atoms with Crippen LogP contribution in [0.3, 0.4) is 0 Å². The predicted molar refractivity (Wildman–Crippen MR) is 141 cm³/mol. The van der Waals surface area contributed by atoms with Crippen LogP contribution >= 0.6 is 11.3 Å². The molecular formula is C28H33N3O3S. The third-order valence-electron chi connectivity index (χ3n) is 7.28. The molecule has 6 nitrogen and oxygen atoms in total. The van der Waals surface area contributed by atoms with Crippen LogP contribution in [0.5, 0.6) is 11.5 Å². The van der Waals surface area contributed by atoms with E-state index >= 15 is 0 Å². The Morgan fingerprint density at radius 2 is 1.77 bits per heavy atom. The van der Waals surface area contributed by atoms with Gasteiger partial charge < -0.3 is 19.3 Å². The van der Waals surface area contributed by atoms with Gasteiger partial charge in [0.25, 0.3) is 5.91 Å². The monoisotopic (exact) mass is 491 g/mol. The summed E-state index contributed by atoms with van der Waals surface area (Å²) in [4.78, 5) is 21.0. The summed E-state index contributed by atoms with van der Waals surface area (Å²) in [7, 11) is 3.44. The van der Waals surface area contributed by atoms with Crippen LogP contribution in [0.4, 0.5) is 5.69 Å².